The van der Waals surface area contributed by atoms with E-state index in [2.05, 4.69) is 143 Å². The first-order valence-electron chi connectivity index (χ1n) is 32.1. The third-order valence-corrected chi connectivity index (χ3v) is 14.1. The molecule has 0 aliphatic rings. The van der Waals surface area contributed by atoms with Crippen LogP contribution in [0.25, 0.3) is 83.4 Å². The van der Waals surface area contributed by atoms with Gasteiger partial charge in [0.2, 0.25) is 0 Å². The Bertz CT molecular complexity index is 4620. The van der Waals surface area contributed by atoms with Crippen molar-refractivity contribution in [1.82, 2.24) is 14.1 Å². The molecule has 0 unspecified atom stereocenters. The molecular formula is C71H68N4OPt-2. The predicted octanol–water partition coefficient (Wildman–Crippen LogP) is 18.1. The molecule has 390 valence electrons. The molecule has 6 heteroatoms. The quantitative estimate of drug-likeness (QED) is 0.112. The zero-order valence-corrected chi connectivity index (χ0v) is 47.8. The fourth-order valence-electron chi connectivity index (χ4n) is 9.92. The van der Waals surface area contributed by atoms with E-state index in [1.807, 2.05) is 59.2 Å². The van der Waals surface area contributed by atoms with Crippen molar-refractivity contribution in [2.24, 2.45) is 0 Å². The topological polar surface area (TPSA) is 35.9 Å². The molecule has 11 aromatic rings. The SMILES string of the molecule is [2H]c1c([2H])c([2H])c(-c2cc(C(C)(C)C)c(-[n+]3[c-]n(-c4[c-]c(Oc5[c-]c6c(cc5)c5ccccc5n6-c5cc(C([2H])([2H])[2H])c(-c6c([2H])c([2H])c([2H])c([2H])c6[2H])cn5)ccc4)c4cc(-c5cc(C(C)(C)C)cc(C(C)(C)C)c5)ccc43)c(C(C)(C)C)c2)c([2H])c1[2H].[Pt]. The molecule has 0 spiro atoms. The van der Waals surface area contributed by atoms with E-state index < -0.39 is 66.0 Å². The van der Waals surface area contributed by atoms with E-state index >= 15 is 0 Å². The molecule has 5 nitrogen and oxygen atoms in total. The van der Waals surface area contributed by atoms with Gasteiger partial charge >= 0.3 is 0 Å². The maximum absolute atomic E-state index is 9.06. The Hall–Kier alpha value is -7.33. The summed E-state index contributed by atoms with van der Waals surface area (Å²) in [5, 5.41) is 1.58. The largest absolute Gasteiger partial charge is 0.510 e. The number of pyridine rings is 1. The molecule has 0 saturated carbocycles. The number of imidazole rings is 1. The van der Waals surface area contributed by atoms with Crippen molar-refractivity contribution < 1.29 is 48.2 Å². The molecule has 0 amide bonds. The molecule has 3 heterocycles. The van der Waals surface area contributed by atoms with Gasteiger partial charge in [0.15, 0.2) is 0 Å². The molecule has 11 rings (SSSR count). The smallest absolute Gasteiger partial charge is 0.268 e. The van der Waals surface area contributed by atoms with Gasteiger partial charge in [-0.15, -0.1) is 29.7 Å². The second kappa shape index (κ2) is 19.9. The summed E-state index contributed by atoms with van der Waals surface area (Å²) in [4.78, 5) is 4.74. The third kappa shape index (κ3) is 10.2. The summed E-state index contributed by atoms with van der Waals surface area (Å²) in [6, 6.07) is 37.7. The van der Waals surface area contributed by atoms with Crippen LogP contribution < -0.4 is 9.30 Å². The average Bonchev–Trinajstić information content (AvgIpc) is 1.43. The zero-order valence-electron chi connectivity index (χ0n) is 58.5. The second-order valence-corrected chi connectivity index (χ2v) is 23.7. The van der Waals surface area contributed by atoms with Crippen molar-refractivity contribution in [3.8, 4) is 62.1 Å². The summed E-state index contributed by atoms with van der Waals surface area (Å²) in [5.41, 5.74) is 8.98. The molecule has 0 atom stereocenters. The fourth-order valence-corrected chi connectivity index (χ4v) is 9.92. The van der Waals surface area contributed by atoms with E-state index in [4.69, 9.17) is 27.5 Å². The predicted molar refractivity (Wildman–Crippen MR) is 316 cm³/mol. The molecule has 3 aromatic heterocycles. The van der Waals surface area contributed by atoms with E-state index in [1.54, 1.807) is 16.7 Å². The van der Waals surface area contributed by atoms with Gasteiger partial charge in [-0.1, -0.05) is 210 Å². The van der Waals surface area contributed by atoms with E-state index in [9.17, 15) is 0 Å². The van der Waals surface area contributed by atoms with E-state index in [-0.39, 0.29) is 72.1 Å². The molecule has 0 aliphatic heterocycles. The van der Waals surface area contributed by atoms with Crippen LogP contribution in [0, 0.1) is 25.3 Å². The van der Waals surface area contributed by atoms with Gasteiger partial charge < -0.3 is 13.9 Å². The van der Waals surface area contributed by atoms with Crippen LogP contribution in [0.2, 0.25) is 0 Å². The molecule has 77 heavy (non-hydrogen) atoms. The Labute approximate surface area is 488 Å². The van der Waals surface area contributed by atoms with Crippen LogP contribution in [-0.4, -0.2) is 14.1 Å². The Balaban J connectivity index is 0.00000891. The average molecular weight is 1200 g/mol. The molecular weight excluding hydrogens is 1120 g/mol. The van der Waals surface area contributed by atoms with Gasteiger partial charge in [-0.05, 0) is 113 Å². The van der Waals surface area contributed by atoms with Gasteiger partial charge in [0.1, 0.15) is 5.82 Å². The van der Waals surface area contributed by atoms with Crippen molar-refractivity contribution in [1.29, 1.82) is 0 Å². The molecule has 0 aliphatic carbocycles. The maximum atomic E-state index is 9.06. The van der Waals surface area contributed by atoms with Crippen LogP contribution in [-0.2, 0) is 42.7 Å². The van der Waals surface area contributed by atoms with E-state index in [0.29, 0.717) is 33.8 Å². The second-order valence-electron chi connectivity index (χ2n) is 23.7. The van der Waals surface area contributed by atoms with Crippen LogP contribution in [0.15, 0.2) is 176 Å². The molecule has 0 radical (unpaired) electrons. The van der Waals surface area contributed by atoms with Gasteiger partial charge in [0.05, 0.1) is 30.4 Å². The van der Waals surface area contributed by atoms with Gasteiger partial charge in [0, 0.05) is 54.0 Å². The van der Waals surface area contributed by atoms with E-state index in [0.717, 1.165) is 49.7 Å². The standard InChI is InChI=1S/C71H68N4O.Pt/c1-46-35-66(72-44-59(46)48-25-18-15-19-26-48)75-62-30-21-20-29-57(62)58-33-32-56(43-64(58)75)76-55-28-22-27-54(42-55)73-45-74(67-60(70(8,9)10)38-51(39-61(67)71(11,12)13)47-23-16-14-17-24-47)63-34-31-49(40-65(63)73)50-36-52(68(2,3)4)41-53(37-50)69(5,6)7;/h14-41,44H,1-13H3;/q-2;/i1D3,14D,15D,16D,17D,18D,19D,23D,24D,25D,26D;. The Morgan fingerprint density at radius 3 is 1.81 bits per heavy atom. The number of ether oxygens (including phenoxy) is 1. The maximum Gasteiger partial charge on any atom is 0.268 e. The molecule has 8 aromatic carbocycles. The fraction of sp³-hybridized carbons (Fsp3) is 0.239. The number of aryl methyl sites for hydroxylation is 1. The summed E-state index contributed by atoms with van der Waals surface area (Å²) in [6.07, 6.45) is 5.04. The van der Waals surface area contributed by atoms with Crippen molar-refractivity contribution >= 4 is 32.8 Å². The number of benzene rings is 8. The number of hydrogen-bond acceptors (Lipinski definition) is 2. The molecule has 0 fully saturated rings. The summed E-state index contributed by atoms with van der Waals surface area (Å²) in [7, 11) is 0. The Kier molecular flexibility index (Phi) is 10.1. The Morgan fingerprint density at radius 1 is 0.545 bits per heavy atom. The van der Waals surface area contributed by atoms with Gasteiger partial charge in [-0.2, -0.15) is 18.2 Å². The Morgan fingerprint density at radius 2 is 1.17 bits per heavy atom. The third-order valence-electron chi connectivity index (χ3n) is 14.1. The van der Waals surface area contributed by atoms with Gasteiger partial charge in [-0.3, -0.25) is 4.57 Å². The number of hydrogen-bond donors (Lipinski definition) is 0. The number of para-hydroxylation sites is 1. The van der Waals surface area contributed by atoms with Crippen LogP contribution in [0.4, 0.5) is 0 Å². The van der Waals surface area contributed by atoms with Crippen molar-refractivity contribution in [2.75, 3.05) is 0 Å². The minimum Gasteiger partial charge on any atom is -0.510 e. The number of fused-ring (bicyclic) bond motifs is 4. The molecule has 0 saturated heterocycles. The van der Waals surface area contributed by atoms with Crippen molar-refractivity contribution in [2.45, 2.75) is 112 Å². The van der Waals surface area contributed by atoms with Crippen molar-refractivity contribution in [3.63, 3.8) is 0 Å². The van der Waals surface area contributed by atoms with Gasteiger partial charge in [0.25, 0.3) is 6.33 Å². The van der Waals surface area contributed by atoms with E-state index in [1.165, 1.54) is 23.4 Å². The minimum absolute atomic E-state index is 0. The first-order chi connectivity index (χ1) is 41.4. The van der Waals surface area contributed by atoms with Crippen LogP contribution in [0.3, 0.4) is 0 Å². The summed E-state index contributed by atoms with van der Waals surface area (Å²) < 4.78 is 124. The number of aromatic nitrogens is 4. The molecule has 0 N–H and O–H groups in total. The summed E-state index contributed by atoms with van der Waals surface area (Å²) >= 11 is 0. The summed E-state index contributed by atoms with van der Waals surface area (Å²) in [5.74, 6) is 0.833. The van der Waals surface area contributed by atoms with Crippen LogP contribution in [0.1, 0.15) is 129 Å². The van der Waals surface area contributed by atoms with Crippen LogP contribution >= 0.6 is 0 Å². The van der Waals surface area contributed by atoms with Crippen molar-refractivity contribution in [3.05, 3.63) is 222 Å². The number of rotatable bonds is 8. The summed E-state index contributed by atoms with van der Waals surface area (Å²) in [6.45, 7) is 23.2. The normalized spacial score (nSPS) is 14.9. The zero-order chi connectivity index (χ0) is 64.7. The first kappa shape index (κ1) is 39.1. The number of nitrogens with zero attached hydrogens (tertiary/aromatic N) is 4. The van der Waals surface area contributed by atoms with Crippen LogP contribution in [0.5, 0.6) is 11.5 Å². The first-order valence-corrected chi connectivity index (χ1v) is 25.6. The monoisotopic (exact) mass is 1200 g/mol. The molecule has 0 bridgehead atoms. The van der Waals surface area contributed by atoms with Gasteiger partial charge in [-0.25, -0.2) is 4.98 Å². The minimum atomic E-state index is -2.80.